The first-order chi connectivity index (χ1) is 8.13. The molecule has 1 aromatic rings. The Morgan fingerprint density at radius 2 is 2.00 bits per heavy atom. The van der Waals surface area contributed by atoms with Crippen molar-refractivity contribution in [3.63, 3.8) is 0 Å². The molecule has 0 aromatic heterocycles. The van der Waals surface area contributed by atoms with E-state index in [-0.39, 0.29) is 11.9 Å². The summed E-state index contributed by atoms with van der Waals surface area (Å²) in [4.78, 5) is 0. The lowest BCUT2D eigenvalue weighted by Crippen LogP contribution is -2.42. The van der Waals surface area contributed by atoms with Gasteiger partial charge in [0.1, 0.15) is 5.82 Å². The molecule has 0 amide bonds. The third-order valence-corrected chi connectivity index (χ3v) is 5.34. The Morgan fingerprint density at radius 1 is 1.39 bits per heavy atom. The Bertz CT molecular complexity index is 511. The zero-order valence-electron chi connectivity index (χ0n) is 11.2. The van der Waals surface area contributed by atoms with E-state index in [1.54, 1.807) is 19.9 Å². The molecule has 0 aliphatic carbocycles. The summed E-state index contributed by atoms with van der Waals surface area (Å²) < 4.78 is 35.3. The van der Waals surface area contributed by atoms with Crippen molar-refractivity contribution in [2.75, 3.05) is 12.8 Å². The Balaban J connectivity index is 2.70. The molecule has 102 valence electrons. The number of hydrogen-bond donors (Lipinski definition) is 1. The van der Waals surface area contributed by atoms with Crippen LogP contribution in [-0.4, -0.2) is 26.0 Å². The molecule has 0 bridgehead atoms. The highest BCUT2D eigenvalue weighted by Crippen LogP contribution is 2.18. The summed E-state index contributed by atoms with van der Waals surface area (Å²) >= 11 is 0. The Morgan fingerprint density at radius 3 is 2.50 bits per heavy atom. The van der Waals surface area contributed by atoms with Crippen LogP contribution in [0.4, 0.5) is 4.39 Å². The predicted molar refractivity (Wildman–Crippen MR) is 71.7 cm³/mol. The molecule has 0 fully saturated rings. The normalized spacial score (nSPS) is 14.5. The van der Waals surface area contributed by atoms with Gasteiger partial charge in [0, 0.05) is 18.8 Å². The maximum absolute atomic E-state index is 13.1. The van der Waals surface area contributed by atoms with Crippen LogP contribution in [0.15, 0.2) is 24.3 Å². The minimum atomic E-state index is -3.12. The van der Waals surface area contributed by atoms with Gasteiger partial charge < -0.3 is 5.32 Å². The molecule has 18 heavy (non-hydrogen) atoms. The summed E-state index contributed by atoms with van der Waals surface area (Å²) in [6.07, 6.45) is 1.22. The van der Waals surface area contributed by atoms with Crippen LogP contribution >= 0.6 is 0 Å². The third kappa shape index (κ3) is 3.78. The van der Waals surface area contributed by atoms with E-state index in [1.165, 1.54) is 18.4 Å². The molecule has 1 N–H and O–H groups in total. The van der Waals surface area contributed by atoms with Gasteiger partial charge in [0.2, 0.25) is 0 Å². The molecule has 0 saturated carbocycles. The van der Waals surface area contributed by atoms with Crippen molar-refractivity contribution in [1.82, 2.24) is 5.32 Å². The Labute approximate surface area is 108 Å². The number of benzene rings is 1. The molecule has 0 aliphatic heterocycles. The highest BCUT2D eigenvalue weighted by atomic mass is 32.2. The summed E-state index contributed by atoms with van der Waals surface area (Å²) in [7, 11) is -3.12. The molecule has 1 unspecified atom stereocenters. The zero-order chi connectivity index (χ0) is 14.0. The molecular formula is C13H20FNO2S. The van der Waals surface area contributed by atoms with Crippen LogP contribution in [-0.2, 0) is 9.84 Å². The van der Waals surface area contributed by atoms with Gasteiger partial charge in [-0.25, -0.2) is 12.8 Å². The maximum atomic E-state index is 13.1. The molecule has 0 aliphatic rings. The first-order valence-corrected chi connectivity index (χ1v) is 7.71. The standard InChI is InChI=1S/C13H20FNO2S/c1-10(11-6-5-7-12(14)8-11)15-9-13(2,3)18(4,16)17/h5-8,10,15H,9H2,1-4H3. The summed E-state index contributed by atoms with van der Waals surface area (Å²) in [5.41, 5.74) is 0.805. The van der Waals surface area contributed by atoms with Gasteiger partial charge in [0.25, 0.3) is 0 Å². The molecule has 0 spiro atoms. The molecule has 0 saturated heterocycles. The van der Waals surface area contributed by atoms with E-state index in [0.29, 0.717) is 6.54 Å². The van der Waals surface area contributed by atoms with Crippen LogP contribution in [0.2, 0.25) is 0 Å². The molecule has 5 heteroatoms. The number of hydrogen-bond acceptors (Lipinski definition) is 3. The van der Waals surface area contributed by atoms with E-state index >= 15 is 0 Å². The van der Waals surface area contributed by atoms with Crippen molar-refractivity contribution in [1.29, 1.82) is 0 Å². The van der Waals surface area contributed by atoms with Gasteiger partial charge in [-0.1, -0.05) is 12.1 Å². The van der Waals surface area contributed by atoms with E-state index in [1.807, 2.05) is 13.0 Å². The maximum Gasteiger partial charge on any atom is 0.153 e. The lowest BCUT2D eigenvalue weighted by Gasteiger charge is -2.25. The molecule has 1 aromatic carbocycles. The number of halogens is 1. The SMILES string of the molecule is CC(NCC(C)(C)S(C)(=O)=O)c1cccc(F)c1. The second kappa shape index (κ2) is 5.36. The largest absolute Gasteiger partial charge is 0.309 e. The van der Waals surface area contributed by atoms with Crippen molar-refractivity contribution in [2.24, 2.45) is 0 Å². The van der Waals surface area contributed by atoms with Crippen molar-refractivity contribution < 1.29 is 12.8 Å². The van der Waals surface area contributed by atoms with Crippen LogP contribution in [0.5, 0.6) is 0 Å². The van der Waals surface area contributed by atoms with Crippen molar-refractivity contribution >= 4 is 9.84 Å². The fourth-order valence-corrected chi connectivity index (χ4v) is 1.77. The Hall–Kier alpha value is -0.940. The van der Waals surface area contributed by atoms with Gasteiger partial charge in [-0.3, -0.25) is 0 Å². The molecule has 1 rings (SSSR count). The van der Waals surface area contributed by atoms with Crippen LogP contribution in [0.3, 0.4) is 0 Å². The summed E-state index contributed by atoms with van der Waals surface area (Å²) in [5, 5.41) is 3.13. The average molecular weight is 273 g/mol. The predicted octanol–water partition coefficient (Wildman–Crippen LogP) is 2.30. The molecule has 0 radical (unpaired) electrons. The van der Waals surface area contributed by atoms with Crippen LogP contribution in [0.1, 0.15) is 32.4 Å². The summed E-state index contributed by atoms with van der Waals surface area (Å²) in [6.45, 7) is 5.55. The third-order valence-electron chi connectivity index (χ3n) is 3.19. The fourth-order valence-electron chi connectivity index (χ4n) is 1.42. The van der Waals surface area contributed by atoms with E-state index in [2.05, 4.69) is 5.32 Å². The minimum absolute atomic E-state index is 0.0956. The van der Waals surface area contributed by atoms with Crippen molar-refractivity contribution in [3.05, 3.63) is 35.6 Å². The number of sulfone groups is 1. The lowest BCUT2D eigenvalue weighted by molar-refractivity contribution is 0.487. The first kappa shape index (κ1) is 15.1. The quantitative estimate of drug-likeness (QED) is 0.895. The fraction of sp³-hybridized carbons (Fsp3) is 0.538. The van der Waals surface area contributed by atoms with Crippen LogP contribution in [0.25, 0.3) is 0 Å². The summed E-state index contributed by atoms with van der Waals surface area (Å²) in [6, 6.07) is 6.20. The monoisotopic (exact) mass is 273 g/mol. The van der Waals surface area contributed by atoms with Crippen molar-refractivity contribution in [2.45, 2.75) is 31.6 Å². The van der Waals surface area contributed by atoms with Crippen LogP contribution < -0.4 is 5.32 Å². The highest BCUT2D eigenvalue weighted by molar-refractivity contribution is 7.92. The van der Waals surface area contributed by atoms with Gasteiger partial charge in [0.05, 0.1) is 4.75 Å². The Kier molecular flexibility index (Phi) is 4.50. The number of nitrogens with one attached hydrogen (secondary N) is 1. The topological polar surface area (TPSA) is 46.2 Å². The molecule has 3 nitrogen and oxygen atoms in total. The molecular weight excluding hydrogens is 253 g/mol. The average Bonchev–Trinajstić information content (AvgIpc) is 2.24. The van der Waals surface area contributed by atoms with Gasteiger partial charge in [-0.05, 0) is 38.5 Å². The van der Waals surface area contributed by atoms with E-state index in [9.17, 15) is 12.8 Å². The second-order valence-electron chi connectivity index (χ2n) is 5.19. The van der Waals surface area contributed by atoms with Gasteiger partial charge in [0.15, 0.2) is 9.84 Å². The van der Waals surface area contributed by atoms with Crippen LogP contribution in [0, 0.1) is 5.82 Å². The van der Waals surface area contributed by atoms with E-state index < -0.39 is 14.6 Å². The van der Waals surface area contributed by atoms with E-state index in [4.69, 9.17) is 0 Å². The molecule has 1 atom stereocenters. The van der Waals surface area contributed by atoms with E-state index in [0.717, 1.165) is 5.56 Å². The highest BCUT2D eigenvalue weighted by Gasteiger charge is 2.30. The zero-order valence-corrected chi connectivity index (χ0v) is 12.0. The minimum Gasteiger partial charge on any atom is -0.309 e. The lowest BCUT2D eigenvalue weighted by atomic mass is 10.1. The molecule has 0 heterocycles. The van der Waals surface area contributed by atoms with Gasteiger partial charge >= 0.3 is 0 Å². The summed E-state index contributed by atoms with van der Waals surface area (Å²) in [5.74, 6) is -0.288. The first-order valence-electron chi connectivity index (χ1n) is 5.82. The second-order valence-corrected chi connectivity index (χ2v) is 7.84. The van der Waals surface area contributed by atoms with Crippen molar-refractivity contribution in [3.8, 4) is 0 Å². The van der Waals surface area contributed by atoms with Gasteiger partial charge in [-0.15, -0.1) is 0 Å². The smallest absolute Gasteiger partial charge is 0.153 e. The number of rotatable bonds is 5. The van der Waals surface area contributed by atoms with Gasteiger partial charge in [-0.2, -0.15) is 0 Å².